The van der Waals surface area contributed by atoms with Gasteiger partial charge in [-0.05, 0) is 12.1 Å². The Labute approximate surface area is 135 Å². The largest absolute Gasteiger partial charge is 0.462 e. The summed E-state index contributed by atoms with van der Waals surface area (Å²) in [6, 6.07) is 8.95. The number of benzene rings is 1. The molecule has 128 valence electrons. The van der Waals surface area contributed by atoms with Gasteiger partial charge in [0.1, 0.15) is 30.2 Å². The van der Waals surface area contributed by atoms with Crippen LogP contribution in [0.4, 0.5) is 0 Å². The minimum Gasteiger partial charge on any atom is -0.462 e. The lowest BCUT2D eigenvalue weighted by Gasteiger charge is -2.42. The van der Waals surface area contributed by atoms with Crippen molar-refractivity contribution in [3.8, 4) is 5.75 Å². The summed E-state index contributed by atoms with van der Waals surface area (Å²) in [5.41, 5.74) is 0. The third kappa shape index (κ3) is 4.00. The molecule has 0 bridgehead atoms. The molecule has 2 aliphatic rings. The van der Waals surface area contributed by atoms with Gasteiger partial charge in [-0.3, -0.25) is 4.90 Å². The molecule has 0 aromatic heterocycles. The van der Waals surface area contributed by atoms with E-state index in [0.717, 1.165) is 13.1 Å². The van der Waals surface area contributed by atoms with Gasteiger partial charge in [0.25, 0.3) is 0 Å². The van der Waals surface area contributed by atoms with Gasteiger partial charge in [-0.25, -0.2) is 0 Å². The van der Waals surface area contributed by atoms with Crippen LogP contribution >= 0.6 is 0 Å². The Morgan fingerprint density at radius 3 is 2.39 bits per heavy atom. The van der Waals surface area contributed by atoms with Crippen molar-refractivity contribution < 1.29 is 29.5 Å². The van der Waals surface area contributed by atoms with Crippen LogP contribution in [0.2, 0.25) is 0 Å². The minimum atomic E-state index is -1.32. The van der Waals surface area contributed by atoms with Crippen molar-refractivity contribution in [2.45, 2.75) is 30.7 Å². The second-order valence-electron chi connectivity index (χ2n) is 5.86. The molecule has 0 radical (unpaired) electrons. The first-order chi connectivity index (χ1) is 11.1. The maximum atomic E-state index is 10.2. The van der Waals surface area contributed by atoms with Crippen molar-refractivity contribution >= 4 is 0 Å². The van der Waals surface area contributed by atoms with Crippen molar-refractivity contribution in [1.82, 2.24) is 4.90 Å². The average molecular weight is 325 g/mol. The molecule has 2 heterocycles. The van der Waals surface area contributed by atoms with E-state index in [0.29, 0.717) is 25.5 Å². The molecule has 1 aromatic carbocycles. The molecular weight excluding hydrogens is 302 g/mol. The summed E-state index contributed by atoms with van der Waals surface area (Å²) in [6.07, 6.45) is -5.46. The number of nitrogens with zero attached hydrogens (tertiary/aromatic N) is 1. The number of hydrogen-bond acceptors (Lipinski definition) is 7. The van der Waals surface area contributed by atoms with Gasteiger partial charge < -0.3 is 29.5 Å². The number of aliphatic hydroxyl groups excluding tert-OH is 3. The van der Waals surface area contributed by atoms with Gasteiger partial charge in [-0.2, -0.15) is 0 Å². The number of morpholine rings is 1. The maximum absolute atomic E-state index is 10.2. The van der Waals surface area contributed by atoms with Crippen molar-refractivity contribution in [3.05, 3.63) is 30.3 Å². The fourth-order valence-electron chi connectivity index (χ4n) is 2.84. The number of aliphatic hydroxyl groups is 3. The molecule has 0 amide bonds. The van der Waals surface area contributed by atoms with E-state index in [1.165, 1.54) is 0 Å². The summed E-state index contributed by atoms with van der Waals surface area (Å²) < 4.78 is 16.6. The molecule has 2 saturated heterocycles. The number of hydrogen-bond donors (Lipinski definition) is 3. The van der Waals surface area contributed by atoms with Gasteiger partial charge in [0.05, 0.1) is 13.2 Å². The monoisotopic (exact) mass is 325 g/mol. The quantitative estimate of drug-likeness (QED) is 0.668. The molecule has 0 saturated carbocycles. The highest BCUT2D eigenvalue weighted by Crippen LogP contribution is 2.25. The van der Waals surface area contributed by atoms with E-state index in [4.69, 9.17) is 14.2 Å². The topological polar surface area (TPSA) is 91.6 Å². The zero-order chi connectivity index (χ0) is 16.2. The van der Waals surface area contributed by atoms with E-state index < -0.39 is 30.7 Å². The lowest BCUT2D eigenvalue weighted by molar-refractivity contribution is -0.275. The molecule has 2 aliphatic heterocycles. The van der Waals surface area contributed by atoms with Gasteiger partial charge in [0, 0.05) is 19.6 Å². The molecule has 7 nitrogen and oxygen atoms in total. The minimum absolute atomic E-state index is 0.447. The van der Waals surface area contributed by atoms with Crippen molar-refractivity contribution in [1.29, 1.82) is 0 Å². The molecule has 7 heteroatoms. The molecule has 23 heavy (non-hydrogen) atoms. The Hall–Kier alpha value is -1.22. The third-order valence-corrected chi connectivity index (χ3v) is 4.21. The molecule has 3 rings (SSSR count). The molecule has 0 spiro atoms. The van der Waals surface area contributed by atoms with E-state index in [1.807, 2.05) is 6.07 Å². The molecule has 1 aromatic rings. The summed E-state index contributed by atoms with van der Waals surface area (Å²) in [6.45, 7) is 3.21. The average Bonchev–Trinajstić information content (AvgIpc) is 2.59. The van der Waals surface area contributed by atoms with Crippen LogP contribution in [0.5, 0.6) is 5.75 Å². The summed E-state index contributed by atoms with van der Waals surface area (Å²) in [5, 5.41) is 30.4. The SMILES string of the molecule is O[C@@H]1[C@@H](O)[C@H](Oc2ccccc2)O[C@H](CN2CCOCC2)[C@H]1O. The fraction of sp³-hybridized carbons (Fsp3) is 0.625. The van der Waals surface area contributed by atoms with Crippen LogP contribution in [-0.2, 0) is 9.47 Å². The lowest BCUT2D eigenvalue weighted by atomic mass is 9.98. The van der Waals surface area contributed by atoms with Gasteiger partial charge in [0.2, 0.25) is 6.29 Å². The summed E-state index contributed by atoms with van der Waals surface area (Å²) in [7, 11) is 0. The van der Waals surface area contributed by atoms with Gasteiger partial charge in [-0.15, -0.1) is 0 Å². The number of para-hydroxylation sites is 1. The predicted molar refractivity (Wildman–Crippen MR) is 81.0 cm³/mol. The Morgan fingerprint density at radius 2 is 1.70 bits per heavy atom. The highest BCUT2D eigenvalue weighted by Gasteiger charge is 2.45. The summed E-state index contributed by atoms with van der Waals surface area (Å²) in [4.78, 5) is 2.10. The Balaban J connectivity index is 1.65. The maximum Gasteiger partial charge on any atom is 0.229 e. The van der Waals surface area contributed by atoms with Crippen LogP contribution in [-0.4, -0.2) is 83.8 Å². The van der Waals surface area contributed by atoms with Crippen molar-refractivity contribution in [2.75, 3.05) is 32.8 Å². The van der Waals surface area contributed by atoms with E-state index in [9.17, 15) is 15.3 Å². The standard InChI is InChI=1S/C16H23NO6/c18-13-12(10-17-6-8-21-9-7-17)23-16(15(20)14(13)19)22-11-4-2-1-3-5-11/h1-5,12-16,18-20H,6-10H2/t12-,13-,14+,15-,16-/m1/s1. The van der Waals surface area contributed by atoms with Crippen LogP contribution in [0.15, 0.2) is 30.3 Å². The smallest absolute Gasteiger partial charge is 0.229 e. The first kappa shape index (κ1) is 16.6. The van der Waals surface area contributed by atoms with Gasteiger partial charge >= 0.3 is 0 Å². The molecule has 0 unspecified atom stereocenters. The Kier molecular flexibility index (Phi) is 5.47. The normalized spacial score (nSPS) is 35.9. The molecular formula is C16H23NO6. The van der Waals surface area contributed by atoms with Crippen molar-refractivity contribution in [3.63, 3.8) is 0 Å². The number of ether oxygens (including phenoxy) is 3. The van der Waals surface area contributed by atoms with E-state index in [2.05, 4.69) is 4.90 Å². The molecule has 0 aliphatic carbocycles. The summed E-state index contributed by atoms with van der Waals surface area (Å²) in [5.74, 6) is 0.533. The van der Waals surface area contributed by atoms with Crippen molar-refractivity contribution in [2.24, 2.45) is 0 Å². The fourth-order valence-corrected chi connectivity index (χ4v) is 2.84. The molecule has 3 N–H and O–H groups in total. The zero-order valence-corrected chi connectivity index (χ0v) is 12.8. The zero-order valence-electron chi connectivity index (χ0n) is 12.8. The Morgan fingerprint density at radius 1 is 1.00 bits per heavy atom. The van der Waals surface area contributed by atoms with Crippen LogP contribution < -0.4 is 4.74 Å². The van der Waals surface area contributed by atoms with Crippen LogP contribution in [0.3, 0.4) is 0 Å². The summed E-state index contributed by atoms with van der Waals surface area (Å²) >= 11 is 0. The third-order valence-electron chi connectivity index (χ3n) is 4.21. The van der Waals surface area contributed by atoms with E-state index >= 15 is 0 Å². The first-order valence-electron chi connectivity index (χ1n) is 7.86. The lowest BCUT2D eigenvalue weighted by Crippen LogP contribution is -2.61. The van der Waals surface area contributed by atoms with E-state index in [-0.39, 0.29) is 0 Å². The first-order valence-corrected chi connectivity index (χ1v) is 7.86. The molecule has 5 atom stereocenters. The highest BCUT2D eigenvalue weighted by molar-refractivity contribution is 5.21. The van der Waals surface area contributed by atoms with Crippen LogP contribution in [0, 0.1) is 0 Å². The highest BCUT2D eigenvalue weighted by atomic mass is 16.7. The Bertz CT molecular complexity index is 481. The van der Waals surface area contributed by atoms with Crippen LogP contribution in [0.1, 0.15) is 0 Å². The predicted octanol–water partition coefficient (Wildman–Crippen LogP) is -0.795. The van der Waals surface area contributed by atoms with Crippen LogP contribution in [0.25, 0.3) is 0 Å². The number of rotatable bonds is 4. The van der Waals surface area contributed by atoms with Gasteiger partial charge in [0.15, 0.2) is 0 Å². The second-order valence-corrected chi connectivity index (χ2v) is 5.86. The van der Waals surface area contributed by atoms with E-state index in [1.54, 1.807) is 24.3 Å². The second kappa shape index (κ2) is 7.57. The van der Waals surface area contributed by atoms with Gasteiger partial charge in [-0.1, -0.05) is 18.2 Å². The molecule has 2 fully saturated rings.